The maximum Gasteiger partial charge on any atom is 0.310 e. The Morgan fingerprint density at radius 1 is 1.32 bits per heavy atom. The first-order valence-electron chi connectivity index (χ1n) is 9.74. The molecule has 0 unspecified atom stereocenters. The maximum atomic E-state index is 12.8. The number of piperidine rings is 1. The number of amides is 2. The van der Waals surface area contributed by atoms with Crippen LogP contribution in [0, 0.1) is 12.8 Å². The number of carbonyl (C=O) groups excluding carboxylic acids is 3. The molecule has 1 atom stereocenters. The Hall–Kier alpha value is -2.35. The van der Waals surface area contributed by atoms with Crippen LogP contribution < -0.4 is 0 Å². The van der Waals surface area contributed by atoms with Gasteiger partial charge >= 0.3 is 5.97 Å². The topological polar surface area (TPSA) is 89.3 Å². The third-order valence-corrected chi connectivity index (χ3v) is 4.93. The highest BCUT2D eigenvalue weighted by atomic mass is 16.5. The second-order valence-corrected chi connectivity index (χ2v) is 6.86. The molecule has 0 spiro atoms. The van der Waals surface area contributed by atoms with Crippen LogP contribution in [-0.2, 0) is 19.1 Å². The minimum Gasteiger partial charge on any atom is -0.469 e. The molecule has 0 saturated carbocycles. The zero-order valence-corrected chi connectivity index (χ0v) is 16.9. The number of hydrogen-bond acceptors (Lipinski definition) is 6. The van der Waals surface area contributed by atoms with Crippen molar-refractivity contribution in [2.45, 2.75) is 33.1 Å². The van der Waals surface area contributed by atoms with E-state index in [1.165, 1.54) is 6.26 Å². The number of carbonyl (C=O) groups is 3. The lowest BCUT2D eigenvalue weighted by atomic mass is 9.98. The molecule has 2 amide bonds. The van der Waals surface area contributed by atoms with Crippen LogP contribution in [0.3, 0.4) is 0 Å². The van der Waals surface area contributed by atoms with Gasteiger partial charge in [-0.2, -0.15) is 0 Å². The number of aryl methyl sites for hydroxylation is 1. The molecule has 0 aliphatic carbocycles. The molecular formula is C20H30N2O6. The molecule has 0 N–H and O–H groups in total. The first-order chi connectivity index (χ1) is 13.5. The van der Waals surface area contributed by atoms with Crippen LogP contribution in [0.4, 0.5) is 0 Å². The molecule has 1 aliphatic heterocycles. The summed E-state index contributed by atoms with van der Waals surface area (Å²) in [6, 6.07) is 1.63. The summed E-state index contributed by atoms with van der Waals surface area (Å²) in [6.07, 6.45) is 3.18. The molecule has 1 aromatic heterocycles. The predicted molar refractivity (Wildman–Crippen MR) is 102 cm³/mol. The van der Waals surface area contributed by atoms with Gasteiger partial charge in [0.1, 0.15) is 5.76 Å². The smallest absolute Gasteiger partial charge is 0.310 e. The summed E-state index contributed by atoms with van der Waals surface area (Å²) in [5.74, 6) is -0.205. The van der Waals surface area contributed by atoms with Gasteiger partial charge in [-0.05, 0) is 32.8 Å². The van der Waals surface area contributed by atoms with E-state index in [9.17, 15) is 14.4 Å². The molecule has 28 heavy (non-hydrogen) atoms. The third kappa shape index (κ3) is 5.82. The van der Waals surface area contributed by atoms with Gasteiger partial charge in [-0.3, -0.25) is 14.4 Å². The molecule has 1 fully saturated rings. The molecule has 2 rings (SSSR count). The number of hydrogen-bond donors (Lipinski definition) is 0. The van der Waals surface area contributed by atoms with E-state index in [2.05, 4.69) is 0 Å². The molecule has 1 aliphatic rings. The Kier molecular flexibility index (Phi) is 8.50. The number of nitrogens with zero attached hydrogens (tertiary/aromatic N) is 2. The minimum atomic E-state index is -0.266. The molecule has 0 bridgehead atoms. The lowest BCUT2D eigenvalue weighted by molar-refractivity contribution is -0.151. The van der Waals surface area contributed by atoms with Crippen molar-refractivity contribution in [2.75, 3.05) is 46.5 Å². The number of methoxy groups -OCH3 is 1. The van der Waals surface area contributed by atoms with E-state index >= 15 is 0 Å². The summed E-state index contributed by atoms with van der Waals surface area (Å²) in [6.45, 7) is 5.91. The quantitative estimate of drug-likeness (QED) is 0.594. The summed E-state index contributed by atoms with van der Waals surface area (Å²) in [4.78, 5) is 40.7. The Morgan fingerprint density at radius 2 is 2.11 bits per heavy atom. The van der Waals surface area contributed by atoms with Crippen LogP contribution in [0.5, 0.6) is 0 Å². The van der Waals surface area contributed by atoms with Crippen LogP contribution in [0.2, 0.25) is 0 Å². The van der Waals surface area contributed by atoms with Gasteiger partial charge in [-0.15, -0.1) is 0 Å². The average Bonchev–Trinajstić information content (AvgIpc) is 3.13. The largest absolute Gasteiger partial charge is 0.469 e. The molecule has 156 valence electrons. The van der Waals surface area contributed by atoms with Gasteiger partial charge < -0.3 is 23.7 Å². The van der Waals surface area contributed by atoms with Crippen LogP contribution >= 0.6 is 0 Å². The summed E-state index contributed by atoms with van der Waals surface area (Å²) < 4.78 is 15.4. The highest BCUT2D eigenvalue weighted by Gasteiger charge is 2.29. The maximum absolute atomic E-state index is 12.8. The van der Waals surface area contributed by atoms with Crippen molar-refractivity contribution in [1.29, 1.82) is 0 Å². The molecule has 0 aromatic carbocycles. The zero-order valence-electron chi connectivity index (χ0n) is 16.9. The number of ether oxygens (including phenoxy) is 2. The molecule has 0 radical (unpaired) electrons. The van der Waals surface area contributed by atoms with E-state index in [0.717, 1.165) is 12.8 Å². The first-order valence-corrected chi connectivity index (χ1v) is 9.74. The Labute approximate surface area is 165 Å². The molecule has 8 nitrogen and oxygen atoms in total. The number of esters is 1. The predicted octanol–water partition coefficient (Wildman–Crippen LogP) is 1.87. The van der Waals surface area contributed by atoms with Gasteiger partial charge in [-0.25, -0.2) is 0 Å². The summed E-state index contributed by atoms with van der Waals surface area (Å²) in [5, 5.41) is 0. The van der Waals surface area contributed by atoms with Crippen molar-refractivity contribution in [3.63, 3.8) is 0 Å². The number of rotatable bonds is 9. The second kappa shape index (κ2) is 10.8. The van der Waals surface area contributed by atoms with Crippen molar-refractivity contribution in [3.05, 3.63) is 23.7 Å². The van der Waals surface area contributed by atoms with Gasteiger partial charge in [0.05, 0.1) is 31.0 Å². The van der Waals surface area contributed by atoms with Crippen LogP contribution in [0.25, 0.3) is 0 Å². The first kappa shape index (κ1) is 21.9. The van der Waals surface area contributed by atoms with Gasteiger partial charge in [0, 0.05) is 39.7 Å². The Balaban J connectivity index is 1.94. The van der Waals surface area contributed by atoms with Gasteiger partial charge in [0.25, 0.3) is 5.91 Å². The highest BCUT2D eigenvalue weighted by molar-refractivity contribution is 5.95. The van der Waals surface area contributed by atoms with E-state index in [4.69, 9.17) is 13.9 Å². The summed E-state index contributed by atoms with van der Waals surface area (Å²) >= 11 is 0. The third-order valence-electron chi connectivity index (χ3n) is 4.93. The van der Waals surface area contributed by atoms with Crippen LogP contribution in [0.15, 0.2) is 16.7 Å². The van der Waals surface area contributed by atoms with Gasteiger partial charge in [0.15, 0.2) is 0 Å². The van der Waals surface area contributed by atoms with Crippen molar-refractivity contribution in [3.8, 4) is 0 Å². The van der Waals surface area contributed by atoms with E-state index < -0.39 is 0 Å². The molecular weight excluding hydrogens is 364 g/mol. The van der Waals surface area contributed by atoms with E-state index in [0.29, 0.717) is 44.2 Å². The Bertz CT molecular complexity index is 671. The highest BCUT2D eigenvalue weighted by Crippen LogP contribution is 2.19. The second-order valence-electron chi connectivity index (χ2n) is 6.86. The molecule has 2 heterocycles. The number of likely N-dealkylation sites (tertiary alicyclic amines) is 1. The van der Waals surface area contributed by atoms with Gasteiger partial charge in [0.2, 0.25) is 5.91 Å². The average molecular weight is 394 g/mol. The fourth-order valence-corrected chi connectivity index (χ4v) is 3.34. The zero-order chi connectivity index (χ0) is 20.5. The normalized spacial score (nSPS) is 16.7. The standard InChI is InChI=1S/C20H30N2O6/c1-4-27-20(25)16-6-5-9-22(14-16)18(23)7-10-21(11-13-26-3)19(24)17-8-12-28-15(17)2/h8,12,16H,4-7,9-11,13-14H2,1-3H3/t16-/m0/s1. The van der Waals surface area contributed by atoms with E-state index in [-0.39, 0.29) is 36.7 Å². The van der Waals surface area contributed by atoms with Crippen LogP contribution in [0.1, 0.15) is 42.3 Å². The van der Waals surface area contributed by atoms with Gasteiger partial charge in [-0.1, -0.05) is 0 Å². The molecule has 1 saturated heterocycles. The van der Waals surface area contributed by atoms with E-state index in [1.54, 1.807) is 36.8 Å². The Morgan fingerprint density at radius 3 is 2.75 bits per heavy atom. The van der Waals surface area contributed by atoms with Crippen molar-refractivity contribution >= 4 is 17.8 Å². The lowest BCUT2D eigenvalue weighted by Gasteiger charge is -2.32. The van der Waals surface area contributed by atoms with Crippen LogP contribution in [-0.4, -0.2) is 74.1 Å². The summed E-state index contributed by atoms with van der Waals surface area (Å²) in [7, 11) is 1.57. The van der Waals surface area contributed by atoms with Crippen molar-refractivity contribution < 1.29 is 28.3 Å². The fraction of sp³-hybridized carbons (Fsp3) is 0.650. The van der Waals surface area contributed by atoms with Crippen molar-refractivity contribution in [2.24, 2.45) is 5.92 Å². The molecule has 8 heteroatoms. The van der Waals surface area contributed by atoms with Crippen molar-refractivity contribution in [1.82, 2.24) is 9.80 Å². The van der Waals surface area contributed by atoms with E-state index in [1.807, 2.05) is 0 Å². The minimum absolute atomic E-state index is 0.0619. The monoisotopic (exact) mass is 394 g/mol. The number of furan rings is 1. The SMILES string of the molecule is CCOC(=O)[C@H]1CCCN(C(=O)CCN(CCOC)C(=O)c2ccoc2C)C1. The molecule has 1 aromatic rings. The summed E-state index contributed by atoms with van der Waals surface area (Å²) in [5.41, 5.74) is 0.490. The fourth-order valence-electron chi connectivity index (χ4n) is 3.34. The lowest BCUT2D eigenvalue weighted by Crippen LogP contribution is -2.44.